The smallest absolute Gasteiger partial charge is 0.269 e. The molecule has 0 aliphatic heterocycles. The quantitative estimate of drug-likeness (QED) is 0.294. The van der Waals surface area contributed by atoms with Crippen molar-refractivity contribution in [2.75, 3.05) is 33.0 Å². The van der Waals surface area contributed by atoms with Crippen molar-refractivity contribution < 1.29 is 19.1 Å². The van der Waals surface area contributed by atoms with Gasteiger partial charge < -0.3 is 14.2 Å². The molecule has 1 rings (SSSR count). The SMILES string of the molecule is C#CCOCCOCCOc1ccc([N+](=O)[O-])cc1. The number of hydrogen-bond donors (Lipinski definition) is 0. The molecule has 6 heteroatoms. The molecule has 0 spiro atoms. The molecule has 0 N–H and O–H groups in total. The van der Waals surface area contributed by atoms with Gasteiger partial charge in [0.25, 0.3) is 5.69 Å². The molecular weight excluding hydrogens is 250 g/mol. The van der Waals surface area contributed by atoms with Gasteiger partial charge in [0.2, 0.25) is 0 Å². The van der Waals surface area contributed by atoms with Gasteiger partial charge in [0.15, 0.2) is 0 Å². The number of rotatable bonds is 9. The van der Waals surface area contributed by atoms with Crippen molar-refractivity contribution in [3.63, 3.8) is 0 Å². The fourth-order valence-electron chi connectivity index (χ4n) is 1.23. The molecule has 0 fully saturated rings. The molecule has 0 aliphatic rings. The van der Waals surface area contributed by atoms with E-state index in [0.717, 1.165) is 0 Å². The minimum absolute atomic E-state index is 0.0364. The van der Waals surface area contributed by atoms with Gasteiger partial charge >= 0.3 is 0 Å². The van der Waals surface area contributed by atoms with E-state index in [-0.39, 0.29) is 12.3 Å². The molecule has 0 atom stereocenters. The van der Waals surface area contributed by atoms with E-state index in [1.54, 1.807) is 12.1 Å². The zero-order chi connectivity index (χ0) is 13.9. The molecule has 0 amide bonds. The van der Waals surface area contributed by atoms with Gasteiger partial charge in [0.05, 0.1) is 24.7 Å². The van der Waals surface area contributed by atoms with E-state index >= 15 is 0 Å². The first kappa shape index (κ1) is 15.0. The normalized spacial score (nSPS) is 9.84. The van der Waals surface area contributed by atoms with Gasteiger partial charge in [-0.25, -0.2) is 0 Å². The molecule has 6 nitrogen and oxygen atoms in total. The molecular formula is C13H15NO5. The average molecular weight is 265 g/mol. The molecule has 19 heavy (non-hydrogen) atoms. The van der Waals surface area contributed by atoms with E-state index in [0.29, 0.717) is 32.2 Å². The molecule has 0 aliphatic carbocycles. The lowest BCUT2D eigenvalue weighted by Gasteiger charge is -2.06. The van der Waals surface area contributed by atoms with E-state index in [1.165, 1.54) is 12.1 Å². The van der Waals surface area contributed by atoms with Gasteiger partial charge in [-0.05, 0) is 12.1 Å². The third-order valence-corrected chi connectivity index (χ3v) is 2.10. The number of nitro benzene ring substituents is 1. The van der Waals surface area contributed by atoms with Gasteiger partial charge in [-0.15, -0.1) is 6.42 Å². The zero-order valence-electron chi connectivity index (χ0n) is 10.4. The molecule has 0 saturated heterocycles. The number of hydrogen-bond acceptors (Lipinski definition) is 5. The second-order valence-electron chi connectivity index (χ2n) is 3.47. The summed E-state index contributed by atoms with van der Waals surface area (Å²) < 4.78 is 15.6. The van der Waals surface area contributed by atoms with Crippen LogP contribution in [0.3, 0.4) is 0 Å². The van der Waals surface area contributed by atoms with Gasteiger partial charge in [0.1, 0.15) is 19.0 Å². The van der Waals surface area contributed by atoms with Crippen LogP contribution in [0.25, 0.3) is 0 Å². The number of terminal acetylenes is 1. The molecule has 0 unspecified atom stereocenters. The summed E-state index contributed by atoms with van der Waals surface area (Å²) >= 11 is 0. The van der Waals surface area contributed by atoms with Crippen LogP contribution < -0.4 is 4.74 Å². The maximum Gasteiger partial charge on any atom is 0.269 e. The standard InChI is InChI=1S/C13H15NO5/c1-2-7-17-8-9-18-10-11-19-13-5-3-12(4-6-13)14(15)16/h1,3-6H,7-11H2. The molecule has 1 aromatic carbocycles. The Hall–Kier alpha value is -2.10. The summed E-state index contributed by atoms with van der Waals surface area (Å²) in [6.45, 7) is 1.96. The van der Waals surface area contributed by atoms with E-state index in [2.05, 4.69) is 5.92 Å². The van der Waals surface area contributed by atoms with E-state index < -0.39 is 4.92 Å². The maximum atomic E-state index is 10.4. The fourth-order valence-corrected chi connectivity index (χ4v) is 1.23. The van der Waals surface area contributed by atoms with Crippen molar-refractivity contribution in [1.29, 1.82) is 0 Å². The number of benzene rings is 1. The minimum Gasteiger partial charge on any atom is -0.491 e. The molecule has 102 valence electrons. The Morgan fingerprint density at radius 1 is 1.11 bits per heavy atom. The van der Waals surface area contributed by atoms with Crippen LogP contribution in [0.4, 0.5) is 5.69 Å². The van der Waals surface area contributed by atoms with Crippen LogP contribution in [0.1, 0.15) is 0 Å². The Morgan fingerprint density at radius 2 is 1.74 bits per heavy atom. The first-order valence-corrected chi connectivity index (χ1v) is 5.70. The summed E-state index contributed by atoms with van der Waals surface area (Å²) in [6.07, 6.45) is 5.01. The monoisotopic (exact) mass is 265 g/mol. The highest BCUT2D eigenvalue weighted by Crippen LogP contribution is 2.16. The minimum atomic E-state index is -0.455. The highest BCUT2D eigenvalue weighted by molar-refractivity contribution is 5.35. The predicted octanol–water partition coefficient (Wildman–Crippen LogP) is 1.64. The largest absolute Gasteiger partial charge is 0.491 e. The average Bonchev–Trinajstić information content (AvgIpc) is 2.42. The number of nitro groups is 1. The van der Waals surface area contributed by atoms with Gasteiger partial charge in [-0.3, -0.25) is 10.1 Å². The maximum absolute atomic E-state index is 10.4. The molecule has 0 saturated carbocycles. The second kappa shape index (κ2) is 8.91. The Morgan fingerprint density at radius 3 is 2.37 bits per heavy atom. The Labute approximate surface area is 111 Å². The summed E-state index contributed by atoms with van der Waals surface area (Å²) in [7, 11) is 0. The molecule has 0 heterocycles. The van der Waals surface area contributed by atoms with E-state index in [4.69, 9.17) is 20.6 Å². The van der Waals surface area contributed by atoms with Crippen molar-refractivity contribution in [3.8, 4) is 18.1 Å². The lowest BCUT2D eigenvalue weighted by atomic mass is 10.3. The lowest BCUT2D eigenvalue weighted by Crippen LogP contribution is -2.10. The van der Waals surface area contributed by atoms with Gasteiger partial charge in [0, 0.05) is 12.1 Å². The topological polar surface area (TPSA) is 70.8 Å². The molecule has 0 bridgehead atoms. The van der Waals surface area contributed by atoms with Crippen molar-refractivity contribution in [3.05, 3.63) is 34.4 Å². The summed E-state index contributed by atoms with van der Waals surface area (Å²) in [4.78, 5) is 9.98. The highest BCUT2D eigenvalue weighted by Gasteiger charge is 2.03. The second-order valence-corrected chi connectivity index (χ2v) is 3.47. The number of nitrogens with zero attached hydrogens (tertiary/aromatic N) is 1. The Kier molecular flexibility index (Phi) is 7.02. The number of non-ortho nitro benzene ring substituents is 1. The van der Waals surface area contributed by atoms with Crippen LogP contribution in [0, 0.1) is 22.5 Å². The van der Waals surface area contributed by atoms with Crippen LogP contribution in [0.15, 0.2) is 24.3 Å². The predicted molar refractivity (Wildman–Crippen MR) is 69.1 cm³/mol. The summed E-state index contributed by atoms with van der Waals surface area (Å²) in [6, 6.07) is 5.88. The lowest BCUT2D eigenvalue weighted by molar-refractivity contribution is -0.384. The molecule has 1 aromatic rings. The first-order chi connectivity index (χ1) is 9.24. The summed E-state index contributed by atoms with van der Waals surface area (Å²) in [5.74, 6) is 2.92. The van der Waals surface area contributed by atoms with Crippen molar-refractivity contribution in [2.24, 2.45) is 0 Å². The van der Waals surface area contributed by atoms with Crippen LogP contribution in [-0.2, 0) is 9.47 Å². The van der Waals surface area contributed by atoms with Crippen LogP contribution >= 0.6 is 0 Å². The summed E-state index contributed by atoms with van der Waals surface area (Å²) in [5.41, 5.74) is 0.0364. The fraction of sp³-hybridized carbons (Fsp3) is 0.385. The van der Waals surface area contributed by atoms with Crippen LogP contribution in [-0.4, -0.2) is 38.0 Å². The zero-order valence-corrected chi connectivity index (χ0v) is 10.4. The summed E-state index contributed by atoms with van der Waals surface area (Å²) in [5, 5.41) is 10.4. The Balaban J connectivity index is 2.09. The molecule has 0 aromatic heterocycles. The Bertz CT molecular complexity index is 424. The third kappa shape index (κ3) is 6.41. The third-order valence-electron chi connectivity index (χ3n) is 2.10. The first-order valence-electron chi connectivity index (χ1n) is 5.70. The van der Waals surface area contributed by atoms with Gasteiger partial charge in [-0.1, -0.05) is 5.92 Å². The van der Waals surface area contributed by atoms with Crippen molar-refractivity contribution in [2.45, 2.75) is 0 Å². The molecule has 0 radical (unpaired) electrons. The van der Waals surface area contributed by atoms with Gasteiger partial charge in [-0.2, -0.15) is 0 Å². The van der Waals surface area contributed by atoms with E-state index in [9.17, 15) is 10.1 Å². The van der Waals surface area contributed by atoms with E-state index in [1.807, 2.05) is 0 Å². The highest BCUT2D eigenvalue weighted by atomic mass is 16.6. The van der Waals surface area contributed by atoms with Crippen molar-refractivity contribution >= 4 is 5.69 Å². The van der Waals surface area contributed by atoms with Crippen molar-refractivity contribution in [1.82, 2.24) is 0 Å². The van der Waals surface area contributed by atoms with Crippen LogP contribution in [0.5, 0.6) is 5.75 Å². The number of ether oxygens (including phenoxy) is 3. The van der Waals surface area contributed by atoms with Crippen LogP contribution in [0.2, 0.25) is 0 Å².